The van der Waals surface area contributed by atoms with Gasteiger partial charge < -0.3 is 28.4 Å². The predicted octanol–water partition coefficient (Wildman–Crippen LogP) is -6.92. The summed E-state index contributed by atoms with van der Waals surface area (Å²) in [5, 5.41) is 41.2. The molecule has 11 heteroatoms. The standard InChI is InChI=1S/C6H8O7.C2H4O2.K.Na.2H/c7-3(8)1-6(13,5(11)12)2-4(9)10;1-2(3)4;;;;/h13H,1-2H2,(H,7,8)(H,9,10)(H,11,12);1H3,(H,3,4);;;;/q;;2*+1;2*-1. The van der Waals surface area contributed by atoms with E-state index in [9.17, 15) is 14.4 Å². The molecule has 0 aromatic heterocycles. The van der Waals surface area contributed by atoms with E-state index in [1.807, 2.05) is 0 Å². The molecule has 0 radical (unpaired) electrons. The topological polar surface area (TPSA) is 169 Å². The molecule has 0 aromatic rings. The van der Waals surface area contributed by atoms with Crippen LogP contribution in [0.15, 0.2) is 0 Å². The van der Waals surface area contributed by atoms with Crippen molar-refractivity contribution in [2.45, 2.75) is 25.4 Å². The van der Waals surface area contributed by atoms with Gasteiger partial charge in [0, 0.05) is 6.92 Å². The molecule has 0 bridgehead atoms. The maximum Gasteiger partial charge on any atom is 1.00 e. The summed E-state index contributed by atoms with van der Waals surface area (Å²) >= 11 is 0. The summed E-state index contributed by atoms with van der Waals surface area (Å²) in [5.74, 6) is -5.85. The van der Waals surface area contributed by atoms with Gasteiger partial charge in [0.15, 0.2) is 5.60 Å². The van der Waals surface area contributed by atoms with Crippen molar-refractivity contribution in [3.8, 4) is 0 Å². The Kier molecular flexibility index (Phi) is 19.7. The van der Waals surface area contributed by atoms with Crippen LogP contribution in [0.25, 0.3) is 0 Å². The molecule has 0 fully saturated rings. The molecule has 0 rings (SSSR count). The fraction of sp³-hybridized carbons (Fsp3) is 0.500. The smallest absolute Gasteiger partial charge is 1.00 e. The minimum atomic E-state index is -2.74. The number of carboxylic acids is 4. The average Bonchev–Trinajstić information content (AvgIpc) is 1.98. The van der Waals surface area contributed by atoms with E-state index < -0.39 is 42.3 Å². The summed E-state index contributed by atoms with van der Waals surface area (Å²) in [6.45, 7) is 1.08. The molecule has 0 amide bonds. The first-order chi connectivity index (χ1) is 7.51. The van der Waals surface area contributed by atoms with Crippen LogP contribution in [0.5, 0.6) is 0 Å². The second-order valence-electron chi connectivity index (χ2n) is 3.00. The van der Waals surface area contributed by atoms with Crippen LogP contribution in [0, 0.1) is 0 Å². The molecule has 5 N–H and O–H groups in total. The van der Waals surface area contributed by atoms with Crippen LogP contribution >= 0.6 is 0 Å². The van der Waals surface area contributed by atoms with Gasteiger partial charge in [-0.2, -0.15) is 0 Å². The van der Waals surface area contributed by atoms with Gasteiger partial charge in [-0.1, -0.05) is 0 Å². The molecule has 0 saturated heterocycles. The van der Waals surface area contributed by atoms with Crippen LogP contribution in [-0.2, 0) is 19.2 Å². The Bertz CT molecular complexity index is 320. The molecule has 0 heterocycles. The third-order valence-corrected chi connectivity index (χ3v) is 1.29. The van der Waals surface area contributed by atoms with E-state index in [-0.39, 0.29) is 83.8 Å². The summed E-state index contributed by atoms with van der Waals surface area (Å²) in [5.41, 5.74) is -2.74. The number of aliphatic carboxylic acids is 4. The Labute approximate surface area is 175 Å². The Hall–Kier alpha value is 0.476. The molecular weight excluding hydrogens is 302 g/mol. The Morgan fingerprint density at radius 1 is 0.947 bits per heavy atom. The van der Waals surface area contributed by atoms with E-state index in [1.165, 1.54) is 0 Å². The van der Waals surface area contributed by atoms with Crippen LogP contribution in [0.4, 0.5) is 0 Å². The van der Waals surface area contributed by atoms with Crippen LogP contribution in [0.2, 0.25) is 0 Å². The molecule has 19 heavy (non-hydrogen) atoms. The van der Waals surface area contributed by atoms with Gasteiger partial charge in [-0.3, -0.25) is 14.4 Å². The van der Waals surface area contributed by atoms with E-state index in [1.54, 1.807) is 0 Å². The molecule has 102 valence electrons. The van der Waals surface area contributed by atoms with Gasteiger partial charge >= 0.3 is 98.8 Å². The van der Waals surface area contributed by atoms with Gasteiger partial charge in [0.05, 0.1) is 12.8 Å². The zero-order chi connectivity index (χ0) is 14.2. The van der Waals surface area contributed by atoms with Gasteiger partial charge in [-0.25, -0.2) is 4.79 Å². The van der Waals surface area contributed by atoms with Gasteiger partial charge in [-0.05, 0) is 0 Å². The molecule has 0 unspecified atom stereocenters. The van der Waals surface area contributed by atoms with Crippen LogP contribution in [-0.4, -0.2) is 55.0 Å². The number of aliphatic hydroxyl groups is 1. The summed E-state index contributed by atoms with van der Waals surface area (Å²) in [6.07, 6.45) is -2.29. The first kappa shape index (κ1) is 27.8. The van der Waals surface area contributed by atoms with Crippen LogP contribution in [0.3, 0.4) is 0 Å². The first-order valence-corrected chi connectivity index (χ1v) is 4.10. The SMILES string of the molecule is CC(=O)O.O=C(O)CC(O)(CC(=O)O)C(=O)O.[H-].[H-].[K+].[Na+]. The quantitative estimate of drug-likeness (QED) is 0.309. The van der Waals surface area contributed by atoms with Gasteiger partial charge in [0.25, 0.3) is 5.97 Å². The van der Waals surface area contributed by atoms with E-state index in [2.05, 4.69) is 0 Å². The van der Waals surface area contributed by atoms with Crippen molar-refractivity contribution < 1.29 is 129 Å². The third kappa shape index (κ3) is 18.5. The number of carboxylic acid groups (broad SMARTS) is 4. The summed E-state index contributed by atoms with van der Waals surface area (Å²) in [4.78, 5) is 39.5. The monoisotopic (exact) mass is 316 g/mol. The molecule has 0 saturated carbocycles. The van der Waals surface area contributed by atoms with Crippen molar-refractivity contribution in [1.29, 1.82) is 0 Å². The van der Waals surface area contributed by atoms with E-state index >= 15 is 0 Å². The summed E-state index contributed by atoms with van der Waals surface area (Å²) in [7, 11) is 0. The van der Waals surface area contributed by atoms with Crippen LogP contribution < -0.4 is 80.9 Å². The van der Waals surface area contributed by atoms with E-state index in [4.69, 9.17) is 30.3 Å². The molecular formula is C8H14KNaO9. The fourth-order valence-electron chi connectivity index (χ4n) is 0.714. The molecule has 0 aromatic carbocycles. The van der Waals surface area contributed by atoms with E-state index in [0.29, 0.717) is 0 Å². The number of carbonyl (C=O) groups is 4. The zero-order valence-electron chi connectivity index (χ0n) is 12.8. The molecule has 0 atom stereocenters. The van der Waals surface area contributed by atoms with Crippen molar-refractivity contribution in [2.75, 3.05) is 0 Å². The van der Waals surface area contributed by atoms with Crippen molar-refractivity contribution in [1.82, 2.24) is 0 Å². The maximum atomic E-state index is 10.3. The minimum Gasteiger partial charge on any atom is -1.00 e. The van der Waals surface area contributed by atoms with Gasteiger partial charge in [0.2, 0.25) is 0 Å². The van der Waals surface area contributed by atoms with Crippen molar-refractivity contribution >= 4 is 23.9 Å². The molecule has 0 aliphatic heterocycles. The van der Waals surface area contributed by atoms with Gasteiger partial charge in [0.1, 0.15) is 0 Å². The average molecular weight is 316 g/mol. The largest absolute Gasteiger partial charge is 1.00 e. The Morgan fingerprint density at radius 3 is 1.26 bits per heavy atom. The summed E-state index contributed by atoms with van der Waals surface area (Å²) < 4.78 is 0. The zero-order valence-corrected chi connectivity index (χ0v) is 15.9. The summed E-state index contributed by atoms with van der Waals surface area (Å²) in [6, 6.07) is 0. The Morgan fingerprint density at radius 2 is 1.16 bits per heavy atom. The minimum absolute atomic E-state index is 0. The fourth-order valence-corrected chi connectivity index (χ4v) is 0.714. The molecule has 9 nitrogen and oxygen atoms in total. The van der Waals surface area contributed by atoms with Crippen molar-refractivity contribution in [3.63, 3.8) is 0 Å². The molecule has 0 aliphatic rings. The second-order valence-corrected chi connectivity index (χ2v) is 3.00. The molecule has 0 spiro atoms. The Balaban J connectivity index is -0.0000000629. The molecule has 0 aliphatic carbocycles. The van der Waals surface area contributed by atoms with E-state index in [0.717, 1.165) is 6.92 Å². The third-order valence-electron chi connectivity index (χ3n) is 1.29. The maximum absolute atomic E-state index is 10.3. The first-order valence-electron chi connectivity index (χ1n) is 4.10. The second kappa shape index (κ2) is 13.5. The van der Waals surface area contributed by atoms with Crippen LogP contribution in [0.1, 0.15) is 22.6 Å². The number of hydrogen-bond acceptors (Lipinski definition) is 5. The number of hydrogen-bond donors (Lipinski definition) is 5. The number of rotatable bonds is 5. The van der Waals surface area contributed by atoms with Crippen molar-refractivity contribution in [3.05, 3.63) is 0 Å². The van der Waals surface area contributed by atoms with Gasteiger partial charge in [-0.15, -0.1) is 0 Å². The normalized spacial score (nSPS) is 8.74. The van der Waals surface area contributed by atoms with Crippen molar-refractivity contribution in [2.24, 2.45) is 0 Å². The predicted molar refractivity (Wildman–Crippen MR) is 52.6 cm³/mol.